The molecule has 0 unspecified atom stereocenters. The second-order valence-corrected chi connectivity index (χ2v) is 10.1. The molecule has 2 aromatic carbocycles. The average molecular weight is 466 g/mol. The van der Waals surface area contributed by atoms with E-state index in [-0.39, 0.29) is 0 Å². The molecule has 0 aromatic heterocycles. The van der Waals surface area contributed by atoms with Crippen molar-refractivity contribution in [2.24, 2.45) is 0 Å². The molecule has 0 saturated carbocycles. The average Bonchev–Trinajstić information content (AvgIpc) is 2.84. The highest BCUT2D eigenvalue weighted by molar-refractivity contribution is 5.27. The predicted molar refractivity (Wildman–Crippen MR) is 148 cm³/mol. The van der Waals surface area contributed by atoms with E-state index in [2.05, 4.69) is 74.2 Å². The van der Waals surface area contributed by atoms with E-state index in [0.717, 1.165) is 32.8 Å². The van der Waals surface area contributed by atoms with E-state index < -0.39 is 0 Å². The van der Waals surface area contributed by atoms with Crippen LogP contribution >= 0.6 is 0 Å². The largest absolute Gasteiger partial charge is 0.380 e. The Hall–Kier alpha value is -1.64. The van der Waals surface area contributed by atoms with E-state index in [1.165, 1.54) is 99.3 Å². The first-order chi connectivity index (χ1) is 16.7. The molecule has 0 amide bonds. The fraction of sp³-hybridized carbons (Fsp3) is 0.625. The Morgan fingerprint density at radius 3 is 1.47 bits per heavy atom. The molecule has 190 valence electrons. The standard InChI is InChI=1S/C32H51NO/c1-4-5-6-7-8-9-10-11-12-13-14-19-25-34-26-24-33(27-31-22-17-15-20-29(31)2)28-32-23-18-16-21-30(32)3/h15-18,20-23H,4-14,19,24-28H2,1-3H3. The van der Waals surface area contributed by atoms with Gasteiger partial charge in [0.15, 0.2) is 0 Å². The molecule has 2 heteroatoms. The Morgan fingerprint density at radius 1 is 0.559 bits per heavy atom. The molecule has 0 saturated heterocycles. The van der Waals surface area contributed by atoms with Gasteiger partial charge in [0, 0.05) is 26.2 Å². The number of benzene rings is 2. The van der Waals surface area contributed by atoms with Gasteiger partial charge in [0.25, 0.3) is 0 Å². The molecule has 0 aliphatic rings. The molecule has 0 aliphatic heterocycles. The number of aryl methyl sites for hydroxylation is 2. The predicted octanol–water partition coefficient (Wildman–Crippen LogP) is 9.02. The monoisotopic (exact) mass is 465 g/mol. The smallest absolute Gasteiger partial charge is 0.0593 e. The first-order valence-corrected chi connectivity index (χ1v) is 14.1. The molecule has 0 N–H and O–H groups in total. The van der Waals surface area contributed by atoms with E-state index in [1.807, 2.05) is 0 Å². The van der Waals surface area contributed by atoms with Crippen molar-refractivity contribution < 1.29 is 4.74 Å². The molecular formula is C32H51NO. The van der Waals surface area contributed by atoms with Gasteiger partial charge in [0.2, 0.25) is 0 Å². The van der Waals surface area contributed by atoms with Crippen LogP contribution in [0.4, 0.5) is 0 Å². The summed E-state index contributed by atoms with van der Waals surface area (Å²) in [4.78, 5) is 2.53. The number of rotatable bonds is 20. The molecule has 0 heterocycles. The SMILES string of the molecule is CCCCCCCCCCCCCCOCCN(Cc1ccccc1C)Cc1ccccc1C. The van der Waals surface area contributed by atoms with Crippen LogP contribution in [-0.2, 0) is 17.8 Å². The van der Waals surface area contributed by atoms with Crippen LogP contribution in [0.5, 0.6) is 0 Å². The summed E-state index contributed by atoms with van der Waals surface area (Å²) in [7, 11) is 0. The molecule has 0 radical (unpaired) electrons. The first kappa shape index (κ1) is 28.6. The van der Waals surface area contributed by atoms with Crippen LogP contribution in [0.1, 0.15) is 106 Å². The minimum absolute atomic E-state index is 0.815. The highest BCUT2D eigenvalue weighted by Crippen LogP contribution is 2.16. The van der Waals surface area contributed by atoms with Gasteiger partial charge in [-0.3, -0.25) is 4.90 Å². The van der Waals surface area contributed by atoms with E-state index in [0.29, 0.717) is 0 Å². The van der Waals surface area contributed by atoms with Crippen molar-refractivity contribution in [2.45, 2.75) is 111 Å². The lowest BCUT2D eigenvalue weighted by Gasteiger charge is -2.24. The van der Waals surface area contributed by atoms with Gasteiger partial charge in [-0.2, -0.15) is 0 Å². The van der Waals surface area contributed by atoms with Gasteiger partial charge < -0.3 is 4.74 Å². The van der Waals surface area contributed by atoms with Gasteiger partial charge in [-0.05, 0) is 42.5 Å². The summed E-state index contributed by atoms with van der Waals surface area (Å²) in [6.07, 6.45) is 16.7. The van der Waals surface area contributed by atoms with Gasteiger partial charge >= 0.3 is 0 Å². The van der Waals surface area contributed by atoms with Crippen molar-refractivity contribution in [3.8, 4) is 0 Å². The lowest BCUT2D eigenvalue weighted by Crippen LogP contribution is -2.27. The third-order valence-corrected chi connectivity index (χ3v) is 7.00. The zero-order chi connectivity index (χ0) is 24.3. The zero-order valence-electron chi connectivity index (χ0n) is 22.5. The fourth-order valence-corrected chi connectivity index (χ4v) is 4.61. The molecule has 34 heavy (non-hydrogen) atoms. The summed E-state index contributed by atoms with van der Waals surface area (Å²) < 4.78 is 6.05. The summed E-state index contributed by atoms with van der Waals surface area (Å²) >= 11 is 0. The van der Waals surface area contributed by atoms with Gasteiger partial charge in [-0.25, -0.2) is 0 Å². The summed E-state index contributed by atoms with van der Waals surface area (Å²) in [5.41, 5.74) is 5.57. The number of ether oxygens (including phenoxy) is 1. The topological polar surface area (TPSA) is 12.5 Å². The van der Waals surface area contributed by atoms with Gasteiger partial charge in [0.1, 0.15) is 0 Å². The lowest BCUT2D eigenvalue weighted by atomic mass is 10.1. The summed E-state index contributed by atoms with van der Waals surface area (Å²) in [6, 6.07) is 17.5. The Morgan fingerprint density at radius 2 is 1.00 bits per heavy atom. The molecule has 0 aliphatic carbocycles. The number of hydrogen-bond acceptors (Lipinski definition) is 2. The van der Waals surface area contributed by atoms with E-state index >= 15 is 0 Å². The van der Waals surface area contributed by atoms with Crippen LogP contribution in [-0.4, -0.2) is 24.7 Å². The van der Waals surface area contributed by atoms with Crippen molar-refractivity contribution in [2.75, 3.05) is 19.8 Å². The maximum Gasteiger partial charge on any atom is 0.0593 e. The molecule has 2 aromatic rings. The second-order valence-electron chi connectivity index (χ2n) is 10.1. The Labute approximate surface area is 211 Å². The minimum atomic E-state index is 0.815. The van der Waals surface area contributed by atoms with Gasteiger partial charge in [-0.15, -0.1) is 0 Å². The van der Waals surface area contributed by atoms with Gasteiger partial charge in [-0.1, -0.05) is 126 Å². The van der Waals surface area contributed by atoms with Crippen LogP contribution in [0.15, 0.2) is 48.5 Å². The molecular weight excluding hydrogens is 414 g/mol. The first-order valence-electron chi connectivity index (χ1n) is 14.1. The number of nitrogens with zero attached hydrogens (tertiary/aromatic N) is 1. The molecule has 2 nitrogen and oxygen atoms in total. The Kier molecular flexibility index (Phi) is 15.7. The highest BCUT2D eigenvalue weighted by atomic mass is 16.5. The normalized spacial score (nSPS) is 11.4. The third kappa shape index (κ3) is 12.7. The summed E-state index contributed by atoms with van der Waals surface area (Å²) in [5, 5.41) is 0. The minimum Gasteiger partial charge on any atom is -0.380 e. The molecule has 0 fully saturated rings. The van der Waals surface area contributed by atoms with Crippen molar-refractivity contribution in [1.29, 1.82) is 0 Å². The van der Waals surface area contributed by atoms with Crippen LogP contribution in [0, 0.1) is 13.8 Å². The maximum absolute atomic E-state index is 6.05. The van der Waals surface area contributed by atoms with Crippen LogP contribution < -0.4 is 0 Å². The van der Waals surface area contributed by atoms with Crippen molar-refractivity contribution in [3.05, 3.63) is 70.8 Å². The maximum atomic E-state index is 6.05. The van der Waals surface area contributed by atoms with Crippen molar-refractivity contribution in [3.63, 3.8) is 0 Å². The van der Waals surface area contributed by atoms with Crippen molar-refractivity contribution in [1.82, 2.24) is 4.90 Å². The van der Waals surface area contributed by atoms with Crippen LogP contribution in [0.3, 0.4) is 0 Å². The molecule has 2 rings (SSSR count). The molecule has 0 bridgehead atoms. The third-order valence-electron chi connectivity index (χ3n) is 7.00. The zero-order valence-corrected chi connectivity index (χ0v) is 22.5. The fourth-order valence-electron chi connectivity index (χ4n) is 4.61. The van der Waals surface area contributed by atoms with E-state index in [9.17, 15) is 0 Å². The second kappa shape index (κ2) is 18.7. The van der Waals surface area contributed by atoms with Gasteiger partial charge in [0.05, 0.1) is 6.61 Å². The number of unbranched alkanes of at least 4 members (excludes halogenated alkanes) is 11. The van der Waals surface area contributed by atoms with E-state index in [4.69, 9.17) is 4.74 Å². The summed E-state index contributed by atoms with van der Waals surface area (Å²) in [6.45, 7) is 11.4. The highest BCUT2D eigenvalue weighted by Gasteiger charge is 2.10. The Bertz CT molecular complexity index is 709. The van der Waals surface area contributed by atoms with Crippen molar-refractivity contribution >= 4 is 0 Å². The molecule has 0 spiro atoms. The Balaban J connectivity index is 1.58. The van der Waals surface area contributed by atoms with Crippen LogP contribution in [0.2, 0.25) is 0 Å². The summed E-state index contributed by atoms with van der Waals surface area (Å²) in [5.74, 6) is 0. The lowest BCUT2D eigenvalue weighted by molar-refractivity contribution is 0.0954. The number of hydrogen-bond donors (Lipinski definition) is 0. The quantitative estimate of drug-likeness (QED) is 0.181. The molecule has 0 atom stereocenters. The van der Waals surface area contributed by atoms with E-state index in [1.54, 1.807) is 0 Å². The van der Waals surface area contributed by atoms with Crippen LogP contribution in [0.25, 0.3) is 0 Å².